The zero-order chi connectivity index (χ0) is 15.6. The summed E-state index contributed by atoms with van der Waals surface area (Å²) in [7, 11) is 0. The molecule has 5 nitrogen and oxygen atoms in total. The van der Waals surface area contributed by atoms with Crippen LogP contribution in [-0.2, 0) is 9.59 Å². The lowest BCUT2D eigenvalue weighted by atomic mass is 9.90. The van der Waals surface area contributed by atoms with Gasteiger partial charge in [-0.15, -0.1) is 0 Å². The van der Waals surface area contributed by atoms with Crippen LogP contribution in [0.3, 0.4) is 0 Å². The van der Waals surface area contributed by atoms with Crippen LogP contribution in [0.2, 0.25) is 0 Å². The monoisotopic (exact) mass is 295 g/mol. The molecule has 1 N–H and O–H groups in total. The molecular weight excluding hydrogens is 277 g/mol. The first kappa shape index (κ1) is 15.3. The number of carboxylic acids is 1. The van der Waals surface area contributed by atoms with Crippen LogP contribution in [0.1, 0.15) is 20.3 Å². The van der Waals surface area contributed by atoms with Crippen molar-refractivity contribution in [3.05, 3.63) is 30.1 Å². The molecule has 1 fully saturated rings. The molecule has 1 heterocycles. The van der Waals surface area contributed by atoms with Gasteiger partial charge in [-0.1, -0.05) is 6.07 Å². The van der Waals surface area contributed by atoms with Crippen molar-refractivity contribution in [2.75, 3.05) is 13.1 Å². The minimum Gasteiger partial charge on any atom is -0.481 e. The molecule has 1 aromatic rings. The van der Waals surface area contributed by atoms with Crippen molar-refractivity contribution in [2.24, 2.45) is 5.41 Å². The third-order valence-corrected chi connectivity index (χ3v) is 3.76. The summed E-state index contributed by atoms with van der Waals surface area (Å²) >= 11 is 0. The molecule has 1 aliphatic rings. The molecule has 2 rings (SSSR count). The lowest BCUT2D eigenvalue weighted by Gasteiger charge is -2.23. The van der Waals surface area contributed by atoms with Crippen LogP contribution in [0.15, 0.2) is 24.3 Å². The summed E-state index contributed by atoms with van der Waals surface area (Å²) in [6.45, 7) is 3.75. The summed E-state index contributed by atoms with van der Waals surface area (Å²) in [5, 5.41) is 9.17. The van der Waals surface area contributed by atoms with Gasteiger partial charge in [0.25, 0.3) is 5.91 Å². The molecule has 1 aliphatic heterocycles. The molecule has 0 aromatic heterocycles. The van der Waals surface area contributed by atoms with Gasteiger partial charge in [-0.3, -0.25) is 9.59 Å². The number of likely N-dealkylation sites (tertiary alicyclic amines) is 1. The third-order valence-electron chi connectivity index (χ3n) is 3.76. The van der Waals surface area contributed by atoms with Gasteiger partial charge in [0, 0.05) is 19.2 Å². The Balaban J connectivity index is 1.99. The summed E-state index contributed by atoms with van der Waals surface area (Å²) < 4.78 is 18.5. The molecule has 0 aliphatic carbocycles. The standard InChI is InChI=1S/C15H18FNO4/c1-10(21-12-5-3-4-11(16)8-12)13(18)17-7-6-15(2,9-17)14(19)20/h3-5,8,10H,6-7,9H2,1-2H3,(H,19,20)/t10-,15-/m0/s1. The molecule has 0 bridgehead atoms. The number of benzene rings is 1. The van der Waals surface area contributed by atoms with Crippen molar-refractivity contribution in [2.45, 2.75) is 26.4 Å². The van der Waals surface area contributed by atoms with Gasteiger partial charge in [0.05, 0.1) is 5.41 Å². The lowest BCUT2D eigenvalue weighted by molar-refractivity contribution is -0.147. The fourth-order valence-corrected chi connectivity index (χ4v) is 2.38. The Labute approximate surface area is 122 Å². The van der Waals surface area contributed by atoms with Crippen LogP contribution in [0.5, 0.6) is 5.75 Å². The number of nitrogens with zero attached hydrogens (tertiary/aromatic N) is 1. The van der Waals surface area contributed by atoms with Crippen LogP contribution >= 0.6 is 0 Å². The number of carbonyl (C=O) groups is 2. The maximum Gasteiger partial charge on any atom is 0.311 e. The van der Waals surface area contributed by atoms with E-state index in [9.17, 15) is 14.0 Å². The number of amides is 1. The number of ether oxygens (including phenoxy) is 1. The van der Waals surface area contributed by atoms with Crippen molar-refractivity contribution in [3.63, 3.8) is 0 Å². The predicted octanol–water partition coefficient (Wildman–Crippen LogP) is 1.92. The van der Waals surface area contributed by atoms with Crippen LogP contribution < -0.4 is 4.74 Å². The molecule has 1 aromatic carbocycles. The first-order valence-corrected chi connectivity index (χ1v) is 6.76. The van der Waals surface area contributed by atoms with E-state index >= 15 is 0 Å². The van der Waals surface area contributed by atoms with E-state index in [2.05, 4.69) is 0 Å². The average Bonchev–Trinajstić information content (AvgIpc) is 2.82. The van der Waals surface area contributed by atoms with E-state index < -0.39 is 23.3 Å². The van der Waals surface area contributed by atoms with E-state index in [0.717, 1.165) is 0 Å². The Morgan fingerprint density at radius 3 is 2.76 bits per heavy atom. The van der Waals surface area contributed by atoms with Gasteiger partial charge in [0.15, 0.2) is 6.10 Å². The number of halogens is 1. The molecular formula is C15H18FNO4. The molecule has 1 saturated heterocycles. The van der Waals surface area contributed by atoms with Crippen molar-refractivity contribution in [1.29, 1.82) is 0 Å². The van der Waals surface area contributed by atoms with Crippen LogP contribution in [0, 0.1) is 11.2 Å². The van der Waals surface area contributed by atoms with Gasteiger partial charge in [-0.25, -0.2) is 4.39 Å². The number of hydrogen-bond donors (Lipinski definition) is 1. The summed E-state index contributed by atoms with van der Waals surface area (Å²) in [4.78, 5) is 24.9. The zero-order valence-electron chi connectivity index (χ0n) is 12.0. The Kier molecular flexibility index (Phi) is 4.16. The first-order valence-electron chi connectivity index (χ1n) is 6.76. The van der Waals surface area contributed by atoms with Gasteiger partial charge in [0.2, 0.25) is 0 Å². The van der Waals surface area contributed by atoms with E-state index in [4.69, 9.17) is 9.84 Å². The Morgan fingerprint density at radius 2 is 2.19 bits per heavy atom. The topological polar surface area (TPSA) is 66.8 Å². The molecule has 21 heavy (non-hydrogen) atoms. The highest BCUT2D eigenvalue weighted by atomic mass is 19.1. The highest BCUT2D eigenvalue weighted by molar-refractivity contribution is 5.83. The maximum atomic E-state index is 13.1. The molecule has 0 unspecified atom stereocenters. The Morgan fingerprint density at radius 1 is 1.48 bits per heavy atom. The van der Waals surface area contributed by atoms with Gasteiger partial charge >= 0.3 is 5.97 Å². The van der Waals surface area contributed by atoms with E-state index in [-0.39, 0.29) is 18.2 Å². The highest BCUT2D eigenvalue weighted by Gasteiger charge is 2.43. The fraction of sp³-hybridized carbons (Fsp3) is 0.467. The number of carboxylic acid groups (broad SMARTS) is 1. The van der Waals surface area contributed by atoms with Gasteiger partial charge < -0.3 is 14.7 Å². The SMILES string of the molecule is C[C@H](Oc1cccc(F)c1)C(=O)N1CC[C@](C)(C(=O)O)C1. The molecule has 6 heteroatoms. The van der Waals surface area contributed by atoms with Crippen LogP contribution in [0.4, 0.5) is 4.39 Å². The predicted molar refractivity (Wildman–Crippen MR) is 73.4 cm³/mol. The smallest absolute Gasteiger partial charge is 0.311 e. The minimum absolute atomic E-state index is 0.165. The molecule has 1 amide bonds. The quantitative estimate of drug-likeness (QED) is 0.921. The van der Waals surface area contributed by atoms with Crippen LogP contribution in [0.25, 0.3) is 0 Å². The van der Waals surface area contributed by atoms with Crippen molar-refractivity contribution in [3.8, 4) is 5.75 Å². The zero-order valence-corrected chi connectivity index (χ0v) is 12.0. The Hall–Kier alpha value is -2.11. The second-order valence-electron chi connectivity index (χ2n) is 5.59. The van der Waals surface area contributed by atoms with Crippen molar-refractivity contribution in [1.82, 2.24) is 4.90 Å². The molecule has 114 valence electrons. The maximum absolute atomic E-state index is 13.1. The van der Waals surface area contributed by atoms with Gasteiger partial charge in [0.1, 0.15) is 11.6 Å². The second kappa shape index (κ2) is 5.71. The molecule has 0 saturated carbocycles. The van der Waals surface area contributed by atoms with E-state index in [1.165, 1.54) is 23.1 Å². The molecule has 0 spiro atoms. The largest absolute Gasteiger partial charge is 0.481 e. The Bertz CT molecular complexity index is 562. The summed E-state index contributed by atoms with van der Waals surface area (Å²) in [6.07, 6.45) is -0.372. The minimum atomic E-state index is -0.908. The van der Waals surface area contributed by atoms with Crippen molar-refractivity contribution >= 4 is 11.9 Å². The van der Waals surface area contributed by atoms with Gasteiger partial charge in [-0.05, 0) is 32.4 Å². The summed E-state index contributed by atoms with van der Waals surface area (Å²) in [5.41, 5.74) is -0.908. The fourth-order valence-electron chi connectivity index (χ4n) is 2.38. The average molecular weight is 295 g/mol. The van der Waals surface area contributed by atoms with E-state index in [1.807, 2.05) is 0 Å². The van der Waals surface area contributed by atoms with Crippen LogP contribution in [-0.4, -0.2) is 41.1 Å². The summed E-state index contributed by atoms with van der Waals surface area (Å²) in [6, 6.07) is 5.56. The molecule has 2 atom stereocenters. The molecule has 0 radical (unpaired) electrons. The first-order chi connectivity index (χ1) is 9.82. The number of aliphatic carboxylic acids is 1. The van der Waals surface area contributed by atoms with E-state index in [0.29, 0.717) is 13.0 Å². The van der Waals surface area contributed by atoms with Gasteiger partial charge in [-0.2, -0.15) is 0 Å². The van der Waals surface area contributed by atoms with E-state index in [1.54, 1.807) is 19.9 Å². The number of rotatable bonds is 4. The number of carbonyl (C=O) groups excluding carboxylic acids is 1. The lowest BCUT2D eigenvalue weighted by Crippen LogP contribution is -2.41. The summed E-state index contributed by atoms with van der Waals surface area (Å²) in [5.74, 6) is -1.36. The normalized spacial score (nSPS) is 22.9. The number of hydrogen-bond acceptors (Lipinski definition) is 3. The van der Waals surface area contributed by atoms with Crippen molar-refractivity contribution < 1.29 is 23.8 Å². The third kappa shape index (κ3) is 3.32. The second-order valence-corrected chi connectivity index (χ2v) is 5.59. The highest BCUT2D eigenvalue weighted by Crippen LogP contribution is 2.30.